The van der Waals surface area contributed by atoms with Crippen molar-refractivity contribution in [1.29, 1.82) is 0 Å². The van der Waals surface area contributed by atoms with Crippen molar-refractivity contribution >= 4 is 12.0 Å². The minimum atomic E-state index is -0.695. The van der Waals surface area contributed by atoms with Crippen molar-refractivity contribution in [3.63, 3.8) is 0 Å². The summed E-state index contributed by atoms with van der Waals surface area (Å²) in [4.78, 5) is 27.5. The van der Waals surface area contributed by atoms with Gasteiger partial charge in [0.2, 0.25) is 0 Å². The maximum atomic E-state index is 13.1. The molecule has 2 amide bonds. The molecule has 1 aliphatic rings. The summed E-state index contributed by atoms with van der Waals surface area (Å²) in [6.07, 6.45) is 0. The Hall–Kier alpha value is -4.26. The Kier molecular flexibility index (Phi) is 7.35. The summed E-state index contributed by atoms with van der Waals surface area (Å²) in [7, 11) is 2.89. The summed E-state index contributed by atoms with van der Waals surface area (Å²) in [6, 6.07) is 23.8. The minimum Gasteiger partial charge on any atom is -0.493 e. The van der Waals surface area contributed by atoms with Gasteiger partial charge in [0.1, 0.15) is 6.61 Å². The highest BCUT2D eigenvalue weighted by atomic mass is 16.5. The molecule has 1 aliphatic heterocycles. The van der Waals surface area contributed by atoms with E-state index in [0.717, 1.165) is 11.1 Å². The van der Waals surface area contributed by atoms with Gasteiger partial charge < -0.3 is 19.5 Å². The molecule has 3 aromatic carbocycles. The van der Waals surface area contributed by atoms with Crippen LogP contribution in [0.25, 0.3) is 0 Å². The van der Waals surface area contributed by atoms with E-state index >= 15 is 0 Å². The van der Waals surface area contributed by atoms with E-state index in [1.807, 2.05) is 66.7 Å². The number of esters is 1. The number of rotatable bonds is 8. The molecule has 7 heteroatoms. The molecule has 0 aliphatic carbocycles. The maximum absolute atomic E-state index is 13.1. The predicted octanol–water partition coefficient (Wildman–Crippen LogP) is 4.99. The fourth-order valence-electron chi connectivity index (χ4n) is 4.08. The van der Waals surface area contributed by atoms with E-state index in [1.165, 1.54) is 7.11 Å². The SMILES string of the molecule is COC(=O)C1=C(C)N(Cc2ccccc2)C(=O)NC1c1ccc(OCc2ccccc2)c(OC)c1. The van der Waals surface area contributed by atoms with Gasteiger partial charge >= 0.3 is 12.0 Å². The number of methoxy groups -OCH3 is 2. The van der Waals surface area contributed by atoms with Crippen LogP contribution in [0.15, 0.2) is 90.1 Å². The summed E-state index contributed by atoms with van der Waals surface area (Å²) in [6.45, 7) is 2.48. The van der Waals surface area contributed by atoms with Crippen LogP contribution < -0.4 is 14.8 Å². The summed E-state index contributed by atoms with van der Waals surface area (Å²) in [5.74, 6) is 0.559. The standard InChI is InChI=1S/C28H28N2O5/c1-19-25(27(31)34-3)26(29-28(32)30(19)17-20-10-6-4-7-11-20)22-14-15-23(24(16-22)33-2)35-18-21-12-8-5-9-13-21/h4-16,26H,17-18H2,1-3H3,(H,29,32). The number of carbonyl (C=O) groups is 2. The van der Waals surface area contributed by atoms with Crippen LogP contribution in [-0.4, -0.2) is 31.1 Å². The van der Waals surface area contributed by atoms with E-state index in [9.17, 15) is 9.59 Å². The first-order chi connectivity index (χ1) is 17.0. The molecule has 1 unspecified atom stereocenters. The Morgan fingerprint density at radius 2 is 1.57 bits per heavy atom. The molecule has 180 valence electrons. The van der Waals surface area contributed by atoms with Crippen molar-refractivity contribution in [2.24, 2.45) is 0 Å². The van der Waals surface area contributed by atoms with Crippen LogP contribution in [0.1, 0.15) is 29.7 Å². The van der Waals surface area contributed by atoms with Gasteiger partial charge in [0.05, 0.1) is 32.4 Å². The van der Waals surface area contributed by atoms with Crippen LogP contribution in [0, 0.1) is 0 Å². The molecule has 0 fully saturated rings. The normalized spacial score (nSPS) is 15.5. The third-order valence-electron chi connectivity index (χ3n) is 5.94. The molecule has 0 saturated heterocycles. The average Bonchev–Trinajstić information content (AvgIpc) is 2.90. The molecule has 3 aromatic rings. The van der Waals surface area contributed by atoms with Crippen LogP contribution in [0.3, 0.4) is 0 Å². The van der Waals surface area contributed by atoms with Gasteiger partial charge in [-0.05, 0) is 35.7 Å². The second-order valence-corrected chi connectivity index (χ2v) is 8.13. The molecule has 35 heavy (non-hydrogen) atoms. The first-order valence-corrected chi connectivity index (χ1v) is 11.3. The zero-order chi connectivity index (χ0) is 24.8. The van der Waals surface area contributed by atoms with E-state index in [2.05, 4.69) is 5.32 Å². The zero-order valence-corrected chi connectivity index (χ0v) is 20.0. The topological polar surface area (TPSA) is 77.1 Å². The van der Waals surface area contributed by atoms with Gasteiger partial charge in [-0.2, -0.15) is 0 Å². The smallest absolute Gasteiger partial charge is 0.337 e. The van der Waals surface area contributed by atoms with Crippen molar-refractivity contribution in [3.8, 4) is 11.5 Å². The number of hydrogen-bond acceptors (Lipinski definition) is 5. The van der Waals surface area contributed by atoms with Crippen LogP contribution in [0.5, 0.6) is 11.5 Å². The third kappa shape index (κ3) is 5.30. The maximum Gasteiger partial charge on any atom is 0.337 e. The highest BCUT2D eigenvalue weighted by Crippen LogP contribution is 2.36. The Labute approximate surface area is 204 Å². The lowest BCUT2D eigenvalue weighted by Gasteiger charge is -2.35. The van der Waals surface area contributed by atoms with Gasteiger partial charge in [-0.3, -0.25) is 4.90 Å². The Morgan fingerprint density at radius 1 is 0.914 bits per heavy atom. The van der Waals surface area contributed by atoms with Crippen molar-refractivity contribution < 1.29 is 23.8 Å². The number of amides is 2. The fourth-order valence-corrected chi connectivity index (χ4v) is 4.08. The molecule has 0 aromatic heterocycles. The Bertz CT molecular complexity index is 1220. The number of nitrogens with zero attached hydrogens (tertiary/aromatic N) is 1. The lowest BCUT2D eigenvalue weighted by Crippen LogP contribution is -2.47. The monoisotopic (exact) mass is 472 g/mol. The molecule has 0 radical (unpaired) electrons. The number of ether oxygens (including phenoxy) is 3. The molecular weight excluding hydrogens is 444 g/mol. The largest absolute Gasteiger partial charge is 0.493 e. The summed E-state index contributed by atoms with van der Waals surface area (Å²) >= 11 is 0. The number of carbonyl (C=O) groups excluding carboxylic acids is 2. The van der Waals surface area contributed by atoms with Gasteiger partial charge in [-0.1, -0.05) is 66.7 Å². The molecule has 0 bridgehead atoms. The highest BCUT2D eigenvalue weighted by molar-refractivity contribution is 5.95. The molecular formula is C28H28N2O5. The van der Waals surface area contributed by atoms with Gasteiger partial charge in [-0.15, -0.1) is 0 Å². The summed E-state index contributed by atoms with van der Waals surface area (Å²) < 4.78 is 16.6. The van der Waals surface area contributed by atoms with Crippen molar-refractivity contribution in [2.45, 2.75) is 26.1 Å². The van der Waals surface area contributed by atoms with Crippen molar-refractivity contribution in [2.75, 3.05) is 14.2 Å². The number of allylic oxidation sites excluding steroid dienone is 1. The minimum absolute atomic E-state index is 0.299. The van der Waals surface area contributed by atoms with E-state index in [4.69, 9.17) is 14.2 Å². The fraction of sp³-hybridized carbons (Fsp3) is 0.214. The van der Waals surface area contributed by atoms with Gasteiger partial charge in [0, 0.05) is 5.70 Å². The number of urea groups is 1. The molecule has 0 saturated carbocycles. The molecule has 0 spiro atoms. The lowest BCUT2D eigenvalue weighted by molar-refractivity contribution is -0.136. The summed E-state index contributed by atoms with van der Waals surface area (Å²) in [5, 5.41) is 2.96. The Balaban J connectivity index is 1.64. The second kappa shape index (κ2) is 10.8. The number of nitrogens with one attached hydrogen (secondary N) is 1. The van der Waals surface area contributed by atoms with E-state index in [0.29, 0.717) is 41.5 Å². The average molecular weight is 473 g/mol. The van der Waals surface area contributed by atoms with Crippen molar-refractivity contribution in [3.05, 3.63) is 107 Å². The quantitative estimate of drug-likeness (QED) is 0.468. The van der Waals surface area contributed by atoms with Gasteiger partial charge in [-0.25, -0.2) is 9.59 Å². The van der Waals surface area contributed by atoms with E-state index < -0.39 is 12.0 Å². The summed E-state index contributed by atoms with van der Waals surface area (Å²) in [5.41, 5.74) is 3.57. The van der Waals surface area contributed by atoms with Crippen LogP contribution in [0.4, 0.5) is 4.79 Å². The van der Waals surface area contributed by atoms with Crippen LogP contribution in [-0.2, 0) is 22.7 Å². The number of benzene rings is 3. The van der Waals surface area contributed by atoms with E-state index in [-0.39, 0.29) is 6.03 Å². The van der Waals surface area contributed by atoms with Crippen LogP contribution >= 0.6 is 0 Å². The van der Waals surface area contributed by atoms with Gasteiger partial charge in [0.15, 0.2) is 11.5 Å². The van der Waals surface area contributed by atoms with E-state index in [1.54, 1.807) is 31.1 Å². The first-order valence-electron chi connectivity index (χ1n) is 11.3. The molecule has 1 heterocycles. The molecule has 7 nitrogen and oxygen atoms in total. The highest BCUT2D eigenvalue weighted by Gasteiger charge is 2.36. The predicted molar refractivity (Wildman–Crippen MR) is 132 cm³/mol. The zero-order valence-electron chi connectivity index (χ0n) is 20.0. The molecule has 1 N–H and O–H groups in total. The first kappa shape index (κ1) is 23.9. The third-order valence-corrected chi connectivity index (χ3v) is 5.94. The lowest BCUT2D eigenvalue weighted by atomic mass is 9.94. The second-order valence-electron chi connectivity index (χ2n) is 8.13. The Morgan fingerprint density at radius 3 is 2.20 bits per heavy atom. The number of hydrogen-bond donors (Lipinski definition) is 1. The van der Waals surface area contributed by atoms with Crippen molar-refractivity contribution in [1.82, 2.24) is 10.2 Å². The molecule has 4 rings (SSSR count). The molecule has 1 atom stereocenters. The van der Waals surface area contributed by atoms with Crippen LogP contribution in [0.2, 0.25) is 0 Å². The van der Waals surface area contributed by atoms with Gasteiger partial charge in [0.25, 0.3) is 0 Å².